The second-order valence-electron chi connectivity index (χ2n) is 8.30. The Hall–Kier alpha value is -3.26. The summed E-state index contributed by atoms with van der Waals surface area (Å²) < 4.78 is 13.2. The molecule has 0 unspecified atom stereocenters. The number of hydrogen-bond donors (Lipinski definition) is 2. The first kappa shape index (κ1) is 22.0. The number of para-hydroxylation sites is 1. The third kappa shape index (κ3) is 5.50. The van der Waals surface area contributed by atoms with Gasteiger partial charge in [-0.25, -0.2) is 4.39 Å². The molecule has 0 bridgehead atoms. The molecule has 4 rings (SSSR count). The molecule has 168 valence electrons. The number of hydrogen-bond acceptors (Lipinski definition) is 4. The highest BCUT2D eigenvalue weighted by Gasteiger charge is 2.28. The maximum Gasteiger partial charge on any atom is 0.238 e. The van der Waals surface area contributed by atoms with Crippen molar-refractivity contribution in [3.8, 4) is 0 Å². The second-order valence-corrected chi connectivity index (χ2v) is 8.30. The summed E-state index contributed by atoms with van der Waals surface area (Å²) in [6.07, 6.45) is 1.51. The van der Waals surface area contributed by atoms with Crippen LogP contribution in [0.15, 0.2) is 48.5 Å². The van der Waals surface area contributed by atoms with Crippen molar-refractivity contribution in [2.75, 3.05) is 43.4 Å². The van der Waals surface area contributed by atoms with Gasteiger partial charge >= 0.3 is 0 Å². The molecule has 0 spiro atoms. The van der Waals surface area contributed by atoms with Crippen LogP contribution in [0.1, 0.15) is 18.4 Å². The quantitative estimate of drug-likeness (QED) is 0.726. The highest BCUT2D eigenvalue weighted by Crippen LogP contribution is 2.27. The van der Waals surface area contributed by atoms with Gasteiger partial charge in [-0.2, -0.15) is 0 Å². The van der Waals surface area contributed by atoms with Crippen molar-refractivity contribution in [3.05, 3.63) is 59.9 Å². The lowest BCUT2D eigenvalue weighted by molar-refractivity contribution is -0.133. The molecule has 2 N–H and O–H groups in total. The van der Waals surface area contributed by atoms with Crippen LogP contribution in [0, 0.1) is 11.7 Å². The molecule has 2 aromatic carbocycles. The molecule has 7 nitrogen and oxygen atoms in total. The molecule has 1 atom stereocenters. The lowest BCUT2D eigenvalue weighted by Gasteiger charge is -2.34. The molecule has 3 amide bonds. The van der Waals surface area contributed by atoms with E-state index in [4.69, 9.17) is 0 Å². The number of amides is 3. The van der Waals surface area contributed by atoms with E-state index in [1.54, 1.807) is 17.0 Å². The third-order valence-corrected chi connectivity index (χ3v) is 6.02. The van der Waals surface area contributed by atoms with E-state index >= 15 is 0 Å². The van der Waals surface area contributed by atoms with Crippen LogP contribution in [-0.4, -0.2) is 60.2 Å². The van der Waals surface area contributed by atoms with Crippen LogP contribution in [0.25, 0.3) is 0 Å². The SMILES string of the molecule is O=C(CN1CCN(C(=O)CC[C@H]2Cc3ccccc3NC2=O)CC1)Nc1cccc(F)c1. The van der Waals surface area contributed by atoms with E-state index < -0.39 is 5.82 Å². The van der Waals surface area contributed by atoms with Crippen LogP contribution < -0.4 is 10.6 Å². The molecule has 2 heterocycles. The molecule has 2 aromatic rings. The monoisotopic (exact) mass is 438 g/mol. The molecule has 32 heavy (non-hydrogen) atoms. The number of fused-ring (bicyclic) bond motifs is 1. The normalized spacial score (nSPS) is 18.6. The summed E-state index contributed by atoms with van der Waals surface area (Å²) in [6, 6.07) is 13.5. The van der Waals surface area contributed by atoms with Gasteiger partial charge in [0.25, 0.3) is 0 Å². The summed E-state index contributed by atoms with van der Waals surface area (Å²) >= 11 is 0. The number of nitrogens with one attached hydrogen (secondary N) is 2. The summed E-state index contributed by atoms with van der Waals surface area (Å²) in [7, 11) is 0. The summed E-state index contributed by atoms with van der Waals surface area (Å²) in [5.74, 6) is -0.781. The number of anilines is 2. The fraction of sp³-hybridized carbons (Fsp3) is 0.375. The minimum atomic E-state index is -0.398. The molecule has 1 fully saturated rings. The Morgan fingerprint density at radius 3 is 2.62 bits per heavy atom. The number of benzene rings is 2. The molecule has 2 aliphatic rings. The Balaban J connectivity index is 1.19. The Bertz CT molecular complexity index is 1000. The number of rotatable bonds is 6. The molecule has 8 heteroatoms. The number of carbonyl (C=O) groups is 3. The van der Waals surface area contributed by atoms with Gasteiger partial charge in [-0.15, -0.1) is 0 Å². The van der Waals surface area contributed by atoms with E-state index in [0.29, 0.717) is 51.1 Å². The zero-order valence-electron chi connectivity index (χ0n) is 17.9. The molecule has 0 aliphatic carbocycles. The zero-order valence-corrected chi connectivity index (χ0v) is 17.9. The molecule has 0 aromatic heterocycles. The van der Waals surface area contributed by atoms with Gasteiger partial charge in [-0.3, -0.25) is 19.3 Å². The average molecular weight is 439 g/mol. The highest BCUT2D eigenvalue weighted by molar-refractivity contribution is 5.96. The summed E-state index contributed by atoms with van der Waals surface area (Å²) in [4.78, 5) is 41.0. The van der Waals surface area contributed by atoms with Crippen molar-refractivity contribution in [2.45, 2.75) is 19.3 Å². The third-order valence-electron chi connectivity index (χ3n) is 6.02. The molecule has 0 radical (unpaired) electrons. The van der Waals surface area contributed by atoms with Crippen LogP contribution in [0.5, 0.6) is 0 Å². The second kappa shape index (κ2) is 9.91. The Morgan fingerprint density at radius 2 is 1.84 bits per heavy atom. The minimum Gasteiger partial charge on any atom is -0.340 e. The molecule has 1 saturated heterocycles. The topological polar surface area (TPSA) is 81.8 Å². The molecular formula is C24H27FN4O3. The van der Waals surface area contributed by atoms with Crippen molar-refractivity contribution < 1.29 is 18.8 Å². The zero-order chi connectivity index (χ0) is 22.5. The van der Waals surface area contributed by atoms with Gasteiger partial charge in [-0.1, -0.05) is 24.3 Å². The summed E-state index contributed by atoms with van der Waals surface area (Å²) in [6.45, 7) is 2.48. The maximum absolute atomic E-state index is 13.2. The van der Waals surface area contributed by atoms with E-state index in [1.807, 2.05) is 29.2 Å². The van der Waals surface area contributed by atoms with Gasteiger partial charge in [0.1, 0.15) is 5.82 Å². The van der Waals surface area contributed by atoms with Gasteiger partial charge in [0.2, 0.25) is 17.7 Å². The standard InChI is InChI=1S/C24H27FN4O3/c25-19-5-3-6-20(15-19)26-22(30)16-28-10-12-29(13-11-28)23(31)9-8-18-14-17-4-1-2-7-21(17)27-24(18)32/h1-7,15,18H,8-14,16H2,(H,26,30)(H,27,32)/t18-/m0/s1. The predicted molar refractivity (Wildman–Crippen MR) is 120 cm³/mol. The summed E-state index contributed by atoms with van der Waals surface area (Å²) in [5, 5.41) is 5.62. The van der Waals surface area contributed by atoms with E-state index in [9.17, 15) is 18.8 Å². The predicted octanol–water partition coefficient (Wildman–Crippen LogP) is 2.50. The first-order valence-electron chi connectivity index (χ1n) is 10.9. The molecule has 2 aliphatic heterocycles. The Kier molecular flexibility index (Phi) is 6.80. The van der Waals surface area contributed by atoms with Crippen molar-refractivity contribution in [1.82, 2.24) is 9.80 Å². The van der Waals surface area contributed by atoms with E-state index in [2.05, 4.69) is 10.6 Å². The van der Waals surface area contributed by atoms with Gasteiger partial charge in [-0.05, 0) is 42.7 Å². The van der Waals surface area contributed by atoms with Crippen LogP contribution in [0.2, 0.25) is 0 Å². The fourth-order valence-corrected chi connectivity index (χ4v) is 4.23. The highest BCUT2D eigenvalue weighted by atomic mass is 19.1. The number of halogens is 1. The average Bonchev–Trinajstić information content (AvgIpc) is 2.78. The lowest BCUT2D eigenvalue weighted by Crippen LogP contribution is -2.50. The van der Waals surface area contributed by atoms with Gasteiger partial charge in [0.15, 0.2) is 0 Å². The molecular weight excluding hydrogens is 411 g/mol. The largest absolute Gasteiger partial charge is 0.340 e. The Morgan fingerprint density at radius 1 is 1.06 bits per heavy atom. The molecule has 0 saturated carbocycles. The van der Waals surface area contributed by atoms with Crippen LogP contribution in [-0.2, 0) is 20.8 Å². The van der Waals surface area contributed by atoms with Crippen molar-refractivity contribution in [2.24, 2.45) is 5.92 Å². The van der Waals surface area contributed by atoms with Crippen molar-refractivity contribution in [1.29, 1.82) is 0 Å². The van der Waals surface area contributed by atoms with E-state index in [0.717, 1.165) is 11.3 Å². The lowest BCUT2D eigenvalue weighted by atomic mass is 9.89. The smallest absolute Gasteiger partial charge is 0.238 e. The Labute approximate surface area is 186 Å². The summed E-state index contributed by atoms with van der Waals surface area (Å²) in [5.41, 5.74) is 2.39. The van der Waals surface area contributed by atoms with Gasteiger partial charge < -0.3 is 15.5 Å². The van der Waals surface area contributed by atoms with Gasteiger partial charge in [0.05, 0.1) is 6.54 Å². The number of nitrogens with zero attached hydrogens (tertiary/aromatic N) is 2. The number of piperazine rings is 1. The van der Waals surface area contributed by atoms with Crippen LogP contribution >= 0.6 is 0 Å². The van der Waals surface area contributed by atoms with E-state index in [1.165, 1.54) is 12.1 Å². The first-order chi connectivity index (χ1) is 15.5. The fourth-order valence-electron chi connectivity index (χ4n) is 4.23. The van der Waals surface area contributed by atoms with E-state index in [-0.39, 0.29) is 30.2 Å². The van der Waals surface area contributed by atoms with Crippen molar-refractivity contribution in [3.63, 3.8) is 0 Å². The first-order valence-corrected chi connectivity index (χ1v) is 10.9. The van der Waals surface area contributed by atoms with Gasteiger partial charge in [0, 0.05) is 49.9 Å². The number of carbonyl (C=O) groups excluding carboxylic acids is 3. The minimum absolute atomic E-state index is 0.0226. The van der Waals surface area contributed by atoms with Crippen molar-refractivity contribution >= 4 is 29.1 Å². The van der Waals surface area contributed by atoms with Crippen LogP contribution in [0.4, 0.5) is 15.8 Å². The van der Waals surface area contributed by atoms with Crippen LogP contribution in [0.3, 0.4) is 0 Å². The maximum atomic E-state index is 13.2.